The number of carbonyl (C=O) groups excluding carboxylic acids is 1. The maximum absolute atomic E-state index is 11.9. The van der Waals surface area contributed by atoms with Crippen LogP contribution in [0.5, 0.6) is 0 Å². The molecule has 0 radical (unpaired) electrons. The molecule has 0 aliphatic rings. The number of amides is 1. The Bertz CT molecular complexity index is 178. The van der Waals surface area contributed by atoms with Crippen LogP contribution >= 0.6 is 0 Å². The predicted molar refractivity (Wildman–Crippen MR) is 60.2 cm³/mol. The molecular weight excluding hydrogens is 176 g/mol. The third-order valence-corrected chi connectivity index (χ3v) is 2.27. The lowest BCUT2D eigenvalue weighted by atomic mass is 10.1. The second-order valence-electron chi connectivity index (χ2n) is 4.49. The fraction of sp³-hybridized carbons (Fsp3) is 0.909. The van der Waals surface area contributed by atoms with Crippen LogP contribution in [0.3, 0.4) is 0 Å². The minimum absolute atomic E-state index is 0.0869. The van der Waals surface area contributed by atoms with Crippen LogP contribution in [0.2, 0.25) is 0 Å². The van der Waals surface area contributed by atoms with Gasteiger partial charge < -0.3 is 10.2 Å². The number of likely N-dealkylation sites (N-methyl/N-ethyl adjacent to an activating group) is 1. The lowest BCUT2D eigenvalue weighted by molar-refractivity contribution is -0.135. The molecule has 0 heterocycles. The molecular formula is C11H24N2O. The summed E-state index contributed by atoms with van der Waals surface area (Å²) in [6.45, 7) is 11.1. The molecule has 0 rings (SSSR count). The lowest BCUT2D eigenvalue weighted by Gasteiger charge is -2.30. The molecule has 1 amide bonds. The summed E-state index contributed by atoms with van der Waals surface area (Å²) in [5.74, 6) is 0.710. The monoisotopic (exact) mass is 200 g/mol. The van der Waals surface area contributed by atoms with Crippen LogP contribution in [-0.2, 0) is 4.79 Å². The highest BCUT2D eigenvalue weighted by Crippen LogP contribution is 2.06. The molecule has 0 spiro atoms. The highest BCUT2D eigenvalue weighted by molar-refractivity contribution is 5.81. The van der Waals surface area contributed by atoms with E-state index in [0.29, 0.717) is 5.92 Å². The van der Waals surface area contributed by atoms with E-state index in [1.807, 2.05) is 18.9 Å². The van der Waals surface area contributed by atoms with Crippen LogP contribution < -0.4 is 5.32 Å². The van der Waals surface area contributed by atoms with Crippen LogP contribution in [0.4, 0.5) is 0 Å². The van der Waals surface area contributed by atoms with Gasteiger partial charge in [0.05, 0.1) is 6.04 Å². The molecule has 1 atom stereocenters. The van der Waals surface area contributed by atoms with Gasteiger partial charge in [0.1, 0.15) is 0 Å². The highest BCUT2D eigenvalue weighted by atomic mass is 16.2. The van der Waals surface area contributed by atoms with Gasteiger partial charge in [0.2, 0.25) is 5.91 Å². The molecule has 0 aliphatic heterocycles. The van der Waals surface area contributed by atoms with Gasteiger partial charge in [0.25, 0.3) is 0 Å². The van der Waals surface area contributed by atoms with Gasteiger partial charge in [0, 0.05) is 12.6 Å². The van der Waals surface area contributed by atoms with E-state index >= 15 is 0 Å². The van der Waals surface area contributed by atoms with Gasteiger partial charge in [-0.2, -0.15) is 0 Å². The van der Waals surface area contributed by atoms with Gasteiger partial charge >= 0.3 is 0 Å². The van der Waals surface area contributed by atoms with Crippen molar-refractivity contribution >= 4 is 5.91 Å². The first-order valence-corrected chi connectivity index (χ1v) is 5.37. The molecule has 14 heavy (non-hydrogen) atoms. The van der Waals surface area contributed by atoms with Crippen molar-refractivity contribution in [2.75, 3.05) is 13.6 Å². The summed E-state index contributed by atoms with van der Waals surface area (Å²) >= 11 is 0. The van der Waals surface area contributed by atoms with E-state index in [1.54, 1.807) is 0 Å². The number of hydrogen-bond donors (Lipinski definition) is 1. The number of rotatable bonds is 5. The van der Waals surface area contributed by atoms with Crippen molar-refractivity contribution in [3.63, 3.8) is 0 Å². The number of nitrogens with one attached hydrogen (secondary N) is 1. The standard InChI is InChI=1S/C11H24N2O/c1-8(2)7-13(9(3)4)11(14)10(5)12-6/h8-10,12H,7H2,1-6H3. The molecule has 84 valence electrons. The van der Waals surface area contributed by atoms with E-state index in [0.717, 1.165) is 6.54 Å². The Morgan fingerprint density at radius 2 is 1.71 bits per heavy atom. The van der Waals surface area contributed by atoms with E-state index in [2.05, 4.69) is 33.0 Å². The van der Waals surface area contributed by atoms with Crippen LogP contribution in [-0.4, -0.2) is 36.5 Å². The van der Waals surface area contributed by atoms with Crippen LogP contribution in [0.1, 0.15) is 34.6 Å². The summed E-state index contributed by atoms with van der Waals surface area (Å²) in [5.41, 5.74) is 0. The number of carbonyl (C=O) groups is 1. The van der Waals surface area contributed by atoms with E-state index in [1.165, 1.54) is 0 Å². The molecule has 0 fully saturated rings. The molecule has 0 bridgehead atoms. The molecule has 0 aliphatic carbocycles. The maximum Gasteiger partial charge on any atom is 0.239 e. The summed E-state index contributed by atoms with van der Waals surface area (Å²) in [6, 6.07) is 0.192. The zero-order valence-corrected chi connectivity index (χ0v) is 10.3. The molecule has 0 saturated carbocycles. The third-order valence-electron chi connectivity index (χ3n) is 2.27. The van der Waals surface area contributed by atoms with E-state index < -0.39 is 0 Å². The van der Waals surface area contributed by atoms with Crippen molar-refractivity contribution in [2.45, 2.75) is 46.7 Å². The second kappa shape index (κ2) is 6.02. The van der Waals surface area contributed by atoms with E-state index in [-0.39, 0.29) is 18.0 Å². The predicted octanol–water partition coefficient (Wildman–Crippen LogP) is 1.49. The fourth-order valence-electron chi connectivity index (χ4n) is 1.32. The normalized spacial score (nSPS) is 13.4. The average molecular weight is 200 g/mol. The van der Waals surface area contributed by atoms with E-state index in [9.17, 15) is 4.79 Å². The van der Waals surface area contributed by atoms with Crippen molar-refractivity contribution in [1.82, 2.24) is 10.2 Å². The van der Waals surface area contributed by atoms with Gasteiger partial charge in [-0.25, -0.2) is 0 Å². The SMILES string of the molecule is CNC(C)C(=O)N(CC(C)C)C(C)C. The van der Waals surface area contributed by atoms with E-state index in [4.69, 9.17) is 0 Å². The van der Waals surface area contributed by atoms with Crippen LogP contribution in [0.15, 0.2) is 0 Å². The quantitative estimate of drug-likeness (QED) is 0.729. The molecule has 0 aromatic rings. The Morgan fingerprint density at radius 1 is 1.21 bits per heavy atom. The summed E-state index contributed by atoms with van der Waals surface area (Å²) in [4.78, 5) is 13.9. The molecule has 3 nitrogen and oxygen atoms in total. The topological polar surface area (TPSA) is 32.3 Å². The van der Waals surface area contributed by atoms with Crippen LogP contribution in [0, 0.1) is 5.92 Å². The van der Waals surface area contributed by atoms with Crippen molar-refractivity contribution in [2.24, 2.45) is 5.92 Å². The first kappa shape index (κ1) is 13.4. The Labute approximate surface area is 87.9 Å². The van der Waals surface area contributed by atoms with Crippen LogP contribution in [0.25, 0.3) is 0 Å². The van der Waals surface area contributed by atoms with Gasteiger partial charge in [-0.15, -0.1) is 0 Å². The molecule has 0 aromatic carbocycles. The average Bonchev–Trinajstić information content (AvgIpc) is 2.11. The molecule has 3 heteroatoms. The third kappa shape index (κ3) is 4.09. The zero-order chi connectivity index (χ0) is 11.3. The minimum Gasteiger partial charge on any atom is -0.339 e. The lowest BCUT2D eigenvalue weighted by Crippen LogP contribution is -2.48. The second-order valence-corrected chi connectivity index (χ2v) is 4.49. The fourth-order valence-corrected chi connectivity index (χ4v) is 1.32. The molecule has 1 N–H and O–H groups in total. The minimum atomic E-state index is -0.0869. The summed E-state index contributed by atoms with van der Waals surface area (Å²) in [6.07, 6.45) is 0. The summed E-state index contributed by atoms with van der Waals surface area (Å²) in [5, 5.41) is 2.98. The Kier molecular flexibility index (Phi) is 5.77. The maximum atomic E-state index is 11.9. The van der Waals surface area contributed by atoms with Crippen molar-refractivity contribution in [3.05, 3.63) is 0 Å². The highest BCUT2D eigenvalue weighted by Gasteiger charge is 2.21. The molecule has 0 saturated heterocycles. The number of hydrogen-bond acceptors (Lipinski definition) is 2. The smallest absolute Gasteiger partial charge is 0.239 e. The van der Waals surface area contributed by atoms with Crippen molar-refractivity contribution < 1.29 is 4.79 Å². The van der Waals surface area contributed by atoms with Gasteiger partial charge in [0.15, 0.2) is 0 Å². The van der Waals surface area contributed by atoms with Gasteiger partial charge in [-0.05, 0) is 33.7 Å². The van der Waals surface area contributed by atoms with Crippen molar-refractivity contribution in [1.29, 1.82) is 0 Å². The Morgan fingerprint density at radius 3 is 2.00 bits per heavy atom. The molecule has 0 aromatic heterocycles. The zero-order valence-electron chi connectivity index (χ0n) is 10.3. The first-order chi connectivity index (χ1) is 6.40. The number of nitrogens with zero attached hydrogens (tertiary/aromatic N) is 1. The Balaban J connectivity index is 4.41. The van der Waals surface area contributed by atoms with Crippen molar-refractivity contribution in [3.8, 4) is 0 Å². The first-order valence-electron chi connectivity index (χ1n) is 5.37. The van der Waals surface area contributed by atoms with Gasteiger partial charge in [-0.1, -0.05) is 13.8 Å². The summed E-state index contributed by atoms with van der Waals surface area (Å²) in [7, 11) is 1.82. The van der Waals surface area contributed by atoms with Gasteiger partial charge in [-0.3, -0.25) is 4.79 Å². The summed E-state index contributed by atoms with van der Waals surface area (Å²) < 4.78 is 0. The Hall–Kier alpha value is -0.570. The largest absolute Gasteiger partial charge is 0.339 e. The molecule has 1 unspecified atom stereocenters.